The van der Waals surface area contributed by atoms with Crippen molar-refractivity contribution < 1.29 is 0 Å². The SMILES string of the molecule is CCC(C)c1nc(N(C)Cc2ccncc2)sc1CNC. The molecule has 2 aromatic rings. The van der Waals surface area contributed by atoms with Gasteiger partial charge in [-0.05, 0) is 37.1 Å². The van der Waals surface area contributed by atoms with Gasteiger partial charge in [0.2, 0.25) is 0 Å². The first-order chi connectivity index (χ1) is 10.2. The minimum atomic E-state index is 0.507. The Hall–Kier alpha value is -1.46. The molecule has 1 unspecified atom stereocenters. The van der Waals surface area contributed by atoms with Crippen LogP contribution in [0.1, 0.15) is 42.3 Å². The lowest BCUT2D eigenvalue weighted by atomic mass is 10.0. The van der Waals surface area contributed by atoms with Crippen LogP contribution < -0.4 is 10.2 Å². The van der Waals surface area contributed by atoms with E-state index in [-0.39, 0.29) is 0 Å². The zero-order chi connectivity index (χ0) is 15.2. The van der Waals surface area contributed by atoms with E-state index in [1.165, 1.54) is 16.1 Å². The van der Waals surface area contributed by atoms with Crippen LogP contribution in [-0.2, 0) is 13.1 Å². The highest BCUT2D eigenvalue weighted by Crippen LogP contribution is 2.32. The summed E-state index contributed by atoms with van der Waals surface area (Å²) < 4.78 is 0. The van der Waals surface area contributed by atoms with Crippen molar-refractivity contribution in [3.63, 3.8) is 0 Å². The van der Waals surface area contributed by atoms with Gasteiger partial charge < -0.3 is 10.2 Å². The molecule has 0 fully saturated rings. The summed E-state index contributed by atoms with van der Waals surface area (Å²) in [7, 11) is 4.09. The minimum Gasteiger partial charge on any atom is -0.347 e. The molecule has 0 saturated heterocycles. The van der Waals surface area contributed by atoms with Crippen LogP contribution in [0.25, 0.3) is 0 Å². The second kappa shape index (κ2) is 7.52. The maximum Gasteiger partial charge on any atom is 0.185 e. The molecule has 0 bridgehead atoms. The molecule has 1 atom stereocenters. The minimum absolute atomic E-state index is 0.507. The van der Waals surface area contributed by atoms with E-state index in [1.807, 2.05) is 31.6 Å². The topological polar surface area (TPSA) is 41.1 Å². The Bertz CT molecular complexity index is 553. The number of aromatic nitrogens is 2. The lowest BCUT2D eigenvalue weighted by molar-refractivity contribution is 0.692. The molecule has 1 N–H and O–H groups in total. The molecule has 0 aliphatic carbocycles. The summed E-state index contributed by atoms with van der Waals surface area (Å²) in [6, 6.07) is 4.10. The van der Waals surface area contributed by atoms with Crippen molar-refractivity contribution in [1.29, 1.82) is 0 Å². The van der Waals surface area contributed by atoms with Gasteiger partial charge in [-0.1, -0.05) is 13.8 Å². The number of nitrogens with zero attached hydrogens (tertiary/aromatic N) is 3. The maximum atomic E-state index is 4.88. The molecule has 2 rings (SSSR count). The second-order valence-electron chi connectivity index (χ2n) is 5.36. The van der Waals surface area contributed by atoms with Crippen molar-refractivity contribution in [1.82, 2.24) is 15.3 Å². The van der Waals surface area contributed by atoms with Crippen molar-refractivity contribution in [3.8, 4) is 0 Å². The average Bonchev–Trinajstić information content (AvgIpc) is 2.92. The van der Waals surface area contributed by atoms with E-state index in [1.54, 1.807) is 11.3 Å². The van der Waals surface area contributed by atoms with E-state index < -0.39 is 0 Å². The number of thiazole rings is 1. The van der Waals surface area contributed by atoms with Crippen LogP contribution in [0.15, 0.2) is 24.5 Å². The van der Waals surface area contributed by atoms with E-state index in [0.717, 1.165) is 24.6 Å². The van der Waals surface area contributed by atoms with E-state index in [9.17, 15) is 0 Å². The van der Waals surface area contributed by atoms with Gasteiger partial charge in [0.05, 0.1) is 5.69 Å². The molecular formula is C16H24N4S. The third-order valence-electron chi connectivity index (χ3n) is 3.63. The molecule has 0 aromatic carbocycles. The fraction of sp³-hybridized carbons (Fsp3) is 0.500. The quantitative estimate of drug-likeness (QED) is 0.851. The number of hydrogen-bond donors (Lipinski definition) is 1. The predicted molar refractivity (Wildman–Crippen MR) is 89.9 cm³/mol. The summed E-state index contributed by atoms with van der Waals surface area (Å²) in [6.45, 7) is 6.21. The van der Waals surface area contributed by atoms with Crippen molar-refractivity contribution in [2.75, 3.05) is 19.0 Å². The Labute approximate surface area is 131 Å². The zero-order valence-electron chi connectivity index (χ0n) is 13.3. The van der Waals surface area contributed by atoms with E-state index in [2.05, 4.69) is 36.1 Å². The fourth-order valence-electron chi connectivity index (χ4n) is 2.21. The zero-order valence-corrected chi connectivity index (χ0v) is 14.1. The van der Waals surface area contributed by atoms with Crippen LogP contribution >= 0.6 is 11.3 Å². The number of pyridine rings is 1. The molecular weight excluding hydrogens is 280 g/mol. The number of anilines is 1. The molecule has 0 aliphatic rings. The number of nitrogens with one attached hydrogen (secondary N) is 1. The lowest BCUT2D eigenvalue weighted by Gasteiger charge is -2.15. The van der Waals surface area contributed by atoms with Gasteiger partial charge in [-0.2, -0.15) is 0 Å². The van der Waals surface area contributed by atoms with E-state index in [4.69, 9.17) is 4.98 Å². The van der Waals surface area contributed by atoms with Crippen LogP contribution in [0, 0.1) is 0 Å². The molecule has 0 saturated carbocycles. The van der Waals surface area contributed by atoms with Gasteiger partial charge in [0.1, 0.15) is 0 Å². The van der Waals surface area contributed by atoms with Crippen LogP contribution in [0.3, 0.4) is 0 Å². The van der Waals surface area contributed by atoms with Gasteiger partial charge in [0.25, 0.3) is 0 Å². The number of hydrogen-bond acceptors (Lipinski definition) is 5. The lowest BCUT2D eigenvalue weighted by Crippen LogP contribution is -2.16. The van der Waals surface area contributed by atoms with Gasteiger partial charge in [0.15, 0.2) is 5.13 Å². The van der Waals surface area contributed by atoms with Crippen LogP contribution in [0.5, 0.6) is 0 Å². The highest BCUT2D eigenvalue weighted by Gasteiger charge is 2.17. The summed E-state index contributed by atoms with van der Waals surface area (Å²) >= 11 is 1.79. The summed E-state index contributed by atoms with van der Waals surface area (Å²) in [4.78, 5) is 12.5. The van der Waals surface area contributed by atoms with Gasteiger partial charge in [0, 0.05) is 37.4 Å². The average molecular weight is 304 g/mol. The molecule has 0 aliphatic heterocycles. The molecule has 21 heavy (non-hydrogen) atoms. The molecule has 4 nitrogen and oxygen atoms in total. The van der Waals surface area contributed by atoms with Gasteiger partial charge in [-0.3, -0.25) is 4.98 Å². The normalized spacial score (nSPS) is 12.4. The van der Waals surface area contributed by atoms with Crippen LogP contribution in [0.2, 0.25) is 0 Å². The molecule has 0 amide bonds. The Balaban J connectivity index is 2.19. The van der Waals surface area contributed by atoms with Crippen LogP contribution in [-0.4, -0.2) is 24.1 Å². The Kier molecular flexibility index (Phi) is 5.70. The summed E-state index contributed by atoms with van der Waals surface area (Å²) in [6.07, 6.45) is 4.79. The maximum absolute atomic E-state index is 4.88. The third kappa shape index (κ3) is 4.02. The summed E-state index contributed by atoms with van der Waals surface area (Å²) in [5.41, 5.74) is 2.50. The highest BCUT2D eigenvalue weighted by atomic mass is 32.1. The third-order valence-corrected chi connectivity index (χ3v) is 4.81. The first-order valence-electron chi connectivity index (χ1n) is 7.39. The molecule has 2 aromatic heterocycles. The predicted octanol–water partition coefficient (Wildman–Crippen LogP) is 3.41. The van der Waals surface area contributed by atoms with Gasteiger partial charge >= 0.3 is 0 Å². The van der Waals surface area contributed by atoms with Crippen LogP contribution in [0.4, 0.5) is 5.13 Å². The van der Waals surface area contributed by atoms with Crippen molar-refractivity contribution >= 4 is 16.5 Å². The largest absolute Gasteiger partial charge is 0.347 e. The Morgan fingerprint density at radius 2 is 2.05 bits per heavy atom. The monoisotopic (exact) mass is 304 g/mol. The fourth-order valence-corrected chi connectivity index (χ4v) is 3.36. The van der Waals surface area contributed by atoms with E-state index in [0.29, 0.717) is 5.92 Å². The second-order valence-corrected chi connectivity index (χ2v) is 6.42. The standard InChI is InChI=1S/C16H24N4S/c1-5-12(2)15-14(10-17-3)21-16(19-15)20(4)11-13-6-8-18-9-7-13/h6-9,12,17H,5,10-11H2,1-4H3. The Morgan fingerprint density at radius 3 is 2.67 bits per heavy atom. The van der Waals surface area contributed by atoms with E-state index >= 15 is 0 Å². The van der Waals surface area contributed by atoms with Crippen molar-refractivity contribution in [3.05, 3.63) is 40.7 Å². The molecule has 0 radical (unpaired) electrons. The summed E-state index contributed by atoms with van der Waals surface area (Å²) in [5, 5.41) is 4.34. The van der Waals surface area contributed by atoms with Crippen molar-refractivity contribution in [2.45, 2.75) is 39.3 Å². The highest BCUT2D eigenvalue weighted by molar-refractivity contribution is 7.15. The molecule has 5 heteroatoms. The van der Waals surface area contributed by atoms with Gasteiger partial charge in [-0.15, -0.1) is 11.3 Å². The van der Waals surface area contributed by atoms with Gasteiger partial charge in [-0.25, -0.2) is 4.98 Å². The smallest absolute Gasteiger partial charge is 0.185 e. The van der Waals surface area contributed by atoms with Crippen molar-refractivity contribution in [2.24, 2.45) is 0 Å². The molecule has 0 spiro atoms. The first kappa shape index (κ1) is 15.9. The first-order valence-corrected chi connectivity index (χ1v) is 8.21. The number of rotatable bonds is 7. The molecule has 114 valence electrons. The Morgan fingerprint density at radius 1 is 1.33 bits per heavy atom. The summed E-state index contributed by atoms with van der Waals surface area (Å²) in [5.74, 6) is 0.507. The molecule has 2 heterocycles.